The second-order valence-corrected chi connectivity index (χ2v) is 6.46. The van der Waals surface area contributed by atoms with E-state index in [1.54, 1.807) is 0 Å². The molecule has 0 bridgehead atoms. The van der Waals surface area contributed by atoms with Crippen LogP contribution in [0.1, 0.15) is 22.4 Å². The Hall–Kier alpha value is -3.17. The summed E-state index contributed by atoms with van der Waals surface area (Å²) in [7, 11) is 1.43. The molecule has 0 saturated carbocycles. The summed E-state index contributed by atoms with van der Waals surface area (Å²) in [6.07, 6.45) is -8.12. The molecule has 10 heteroatoms. The van der Waals surface area contributed by atoms with Crippen LogP contribution in [0.15, 0.2) is 54.9 Å². The molecule has 0 radical (unpaired) electrons. The molecule has 3 aromatic rings. The van der Waals surface area contributed by atoms with E-state index in [1.807, 2.05) is 0 Å². The van der Waals surface area contributed by atoms with Gasteiger partial charge in [-0.3, -0.25) is 0 Å². The quantitative estimate of drug-likeness (QED) is 0.476. The monoisotopic (exact) mass is 429 g/mol. The summed E-state index contributed by atoms with van der Waals surface area (Å²) in [5, 5.41) is 0. The van der Waals surface area contributed by atoms with Crippen molar-refractivity contribution in [1.29, 1.82) is 0 Å². The highest BCUT2D eigenvalue weighted by molar-refractivity contribution is 5.60. The highest BCUT2D eigenvalue weighted by Crippen LogP contribution is 2.35. The molecule has 0 fully saturated rings. The third-order valence-corrected chi connectivity index (χ3v) is 4.34. The van der Waals surface area contributed by atoms with Crippen LogP contribution in [-0.2, 0) is 18.8 Å². The Kier molecular flexibility index (Phi) is 5.69. The Morgan fingerprint density at radius 2 is 1.60 bits per heavy atom. The molecule has 3 rings (SSSR count). The van der Waals surface area contributed by atoms with Gasteiger partial charge >= 0.3 is 12.4 Å². The third-order valence-electron chi connectivity index (χ3n) is 4.34. The first-order chi connectivity index (χ1) is 13.9. The van der Waals surface area contributed by atoms with E-state index in [0.29, 0.717) is 23.4 Å². The van der Waals surface area contributed by atoms with Crippen molar-refractivity contribution >= 4 is 11.5 Å². The maximum absolute atomic E-state index is 13.5. The SMILES string of the molecule is CN(c1ccc(F)c(C(F)(F)F)c1)c1cc(Cc2cccc(C(F)(F)F)c2)ncn1. The predicted molar refractivity (Wildman–Crippen MR) is 95.7 cm³/mol. The van der Waals surface area contributed by atoms with Crippen molar-refractivity contribution in [3.8, 4) is 0 Å². The minimum atomic E-state index is -4.86. The van der Waals surface area contributed by atoms with Crippen LogP contribution in [0.4, 0.5) is 42.2 Å². The van der Waals surface area contributed by atoms with Gasteiger partial charge in [0.15, 0.2) is 0 Å². The molecule has 0 spiro atoms. The van der Waals surface area contributed by atoms with Crippen molar-refractivity contribution in [3.63, 3.8) is 0 Å². The average Bonchev–Trinajstić information content (AvgIpc) is 2.67. The number of halogens is 7. The van der Waals surface area contributed by atoms with E-state index in [2.05, 4.69) is 9.97 Å². The highest BCUT2D eigenvalue weighted by Gasteiger charge is 2.34. The van der Waals surface area contributed by atoms with E-state index >= 15 is 0 Å². The molecule has 30 heavy (non-hydrogen) atoms. The zero-order valence-electron chi connectivity index (χ0n) is 15.4. The van der Waals surface area contributed by atoms with Gasteiger partial charge in [-0.25, -0.2) is 14.4 Å². The fraction of sp³-hybridized carbons (Fsp3) is 0.200. The largest absolute Gasteiger partial charge is 0.419 e. The van der Waals surface area contributed by atoms with Crippen LogP contribution in [0.5, 0.6) is 0 Å². The zero-order chi connectivity index (χ0) is 22.1. The molecule has 1 aromatic heterocycles. The first-order valence-electron chi connectivity index (χ1n) is 8.52. The number of anilines is 2. The maximum atomic E-state index is 13.5. The predicted octanol–water partition coefficient (Wildman–Crippen LogP) is 6.01. The van der Waals surface area contributed by atoms with E-state index in [4.69, 9.17) is 0 Å². The molecular formula is C20H14F7N3. The summed E-state index contributed by atoms with van der Waals surface area (Å²) >= 11 is 0. The molecule has 1 heterocycles. The second-order valence-electron chi connectivity index (χ2n) is 6.46. The van der Waals surface area contributed by atoms with Gasteiger partial charge in [-0.2, -0.15) is 26.3 Å². The smallest absolute Gasteiger partial charge is 0.329 e. The number of hydrogen-bond donors (Lipinski definition) is 0. The van der Waals surface area contributed by atoms with Crippen molar-refractivity contribution < 1.29 is 30.7 Å². The average molecular weight is 429 g/mol. The van der Waals surface area contributed by atoms with Gasteiger partial charge in [-0.05, 0) is 29.8 Å². The molecule has 0 aliphatic heterocycles. The van der Waals surface area contributed by atoms with E-state index in [-0.39, 0.29) is 17.9 Å². The van der Waals surface area contributed by atoms with Crippen molar-refractivity contribution in [3.05, 3.63) is 83.1 Å². The van der Waals surface area contributed by atoms with E-state index < -0.39 is 29.3 Å². The van der Waals surface area contributed by atoms with Crippen LogP contribution in [-0.4, -0.2) is 17.0 Å². The Balaban J connectivity index is 1.87. The van der Waals surface area contributed by atoms with E-state index in [1.165, 1.54) is 36.2 Å². The lowest BCUT2D eigenvalue weighted by molar-refractivity contribution is -0.140. The minimum absolute atomic E-state index is 0.0347. The number of hydrogen-bond acceptors (Lipinski definition) is 3. The molecule has 2 aromatic carbocycles. The molecule has 0 amide bonds. The zero-order valence-corrected chi connectivity index (χ0v) is 15.4. The van der Waals surface area contributed by atoms with Gasteiger partial charge in [0.1, 0.15) is 18.0 Å². The van der Waals surface area contributed by atoms with Crippen LogP contribution < -0.4 is 4.90 Å². The third kappa shape index (κ3) is 4.87. The molecule has 0 unspecified atom stereocenters. The molecule has 0 atom stereocenters. The van der Waals surface area contributed by atoms with Gasteiger partial charge in [0, 0.05) is 25.2 Å². The lowest BCUT2D eigenvalue weighted by Gasteiger charge is -2.20. The van der Waals surface area contributed by atoms with Gasteiger partial charge in [-0.1, -0.05) is 18.2 Å². The van der Waals surface area contributed by atoms with Crippen LogP contribution in [0, 0.1) is 5.82 Å². The summed E-state index contributed by atoms with van der Waals surface area (Å²) in [5.74, 6) is -1.20. The molecule has 0 aliphatic rings. The van der Waals surface area contributed by atoms with Crippen molar-refractivity contribution in [2.45, 2.75) is 18.8 Å². The van der Waals surface area contributed by atoms with E-state index in [0.717, 1.165) is 18.5 Å². The van der Waals surface area contributed by atoms with Gasteiger partial charge in [0.2, 0.25) is 0 Å². The Bertz CT molecular complexity index is 1050. The second kappa shape index (κ2) is 7.92. The van der Waals surface area contributed by atoms with Crippen LogP contribution in [0.3, 0.4) is 0 Å². The molecule has 0 N–H and O–H groups in total. The van der Waals surface area contributed by atoms with Crippen LogP contribution >= 0.6 is 0 Å². The van der Waals surface area contributed by atoms with Gasteiger partial charge < -0.3 is 4.90 Å². The summed E-state index contributed by atoms with van der Waals surface area (Å²) in [6.45, 7) is 0. The lowest BCUT2D eigenvalue weighted by atomic mass is 10.1. The van der Waals surface area contributed by atoms with Crippen molar-refractivity contribution in [2.24, 2.45) is 0 Å². The van der Waals surface area contributed by atoms with Gasteiger partial charge in [-0.15, -0.1) is 0 Å². The molecule has 158 valence electrons. The lowest BCUT2D eigenvalue weighted by Crippen LogP contribution is -2.15. The first kappa shape index (κ1) is 21.5. The van der Waals surface area contributed by atoms with Crippen molar-refractivity contribution in [1.82, 2.24) is 9.97 Å². The fourth-order valence-electron chi connectivity index (χ4n) is 2.80. The molecule has 0 aliphatic carbocycles. The van der Waals surface area contributed by atoms with Gasteiger partial charge in [0.25, 0.3) is 0 Å². The van der Waals surface area contributed by atoms with Crippen molar-refractivity contribution in [2.75, 3.05) is 11.9 Å². The number of nitrogens with zero attached hydrogens (tertiary/aromatic N) is 3. The highest BCUT2D eigenvalue weighted by atomic mass is 19.4. The van der Waals surface area contributed by atoms with Crippen LogP contribution in [0.2, 0.25) is 0 Å². The number of benzene rings is 2. The molecule has 0 saturated heterocycles. The summed E-state index contributed by atoms with van der Waals surface area (Å²) in [6, 6.07) is 8.72. The Morgan fingerprint density at radius 3 is 2.27 bits per heavy atom. The van der Waals surface area contributed by atoms with E-state index in [9.17, 15) is 30.7 Å². The standard InChI is InChI=1S/C20H14F7N3/c1-30(15-5-6-17(21)16(10-15)20(25,26)27)18-9-14(28-11-29-18)8-12-3-2-4-13(7-12)19(22,23)24/h2-7,9-11H,8H2,1H3. The minimum Gasteiger partial charge on any atom is -0.329 e. The normalized spacial score (nSPS) is 12.1. The Labute approximate surface area is 166 Å². The number of aromatic nitrogens is 2. The number of alkyl halides is 6. The maximum Gasteiger partial charge on any atom is 0.419 e. The summed E-state index contributed by atoms with van der Waals surface area (Å²) in [5.41, 5.74) is -1.45. The number of rotatable bonds is 4. The van der Waals surface area contributed by atoms with Crippen LogP contribution in [0.25, 0.3) is 0 Å². The first-order valence-corrected chi connectivity index (χ1v) is 8.52. The Morgan fingerprint density at radius 1 is 0.867 bits per heavy atom. The fourth-order valence-corrected chi connectivity index (χ4v) is 2.80. The van der Waals surface area contributed by atoms with Gasteiger partial charge in [0.05, 0.1) is 16.8 Å². The summed E-state index contributed by atoms with van der Waals surface area (Å²) in [4.78, 5) is 9.30. The molecular weight excluding hydrogens is 415 g/mol. The summed E-state index contributed by atoms with van der Waals surface area (Å²) < 4.78 is 91.0. The molecule has 3 nitrogen and oxygen atoms in total. The topological polar surface area (TPSA) is 29.0 Å².